The molecule has 0 N–H and O–H groups in total. The highest BCUT2D eigenvalue weighted by atomic mass is 35.5. The molecule has 0 aliphatic heterocycles. The minimum absolute atomic E-state index is 0.0238. The Balaban J connectivity index is 0. The summed E-state index contributed by atoms with van der Waals surface area (Å²) in [5.41, 5.74) is 0. The number of allylic oxidation sites excluding steroid dienone is 1. The first-order chi connectivity index (χ1) is 10.2. The van der Waals surface area contributed by atoms with Crippen molar-refractivity contribution in [1.82, 2.24) is 0 Å². The van der Waals surface area contributed by atoms with Crippen molar-refractivity contribution in [3.8, 4) is 0 Å². The SMILES string of the molecule is CC(=O)OC/C=C/C(F)(F)F.CC(=O)OCC(Cl)CC(F)(F)F. The molecule has 11 heteroatoms. The fraction of sp³-hybridized carbons (Fsp3) is 0.667. The standard InChI is InChI=1S/C6H8ClF3O2.C6H7F3O2/c1-4(11)12-3-5(7)2-6(8,9)10;1-5(10)11-4-2-3-6(7,8)9/h5H,2-3H2,1H3;2-3H,4H2,1H3/b;3-2+. The van der Waals surface area contributed by atoms with Gasteiger partial charge in [-0.1, -0.05) is 0 Å². The van der Waals surface area contributed by atoms with Crippen LogP contribution in [0.25, 0.3) is 0 Å². The highest BCUT2D eigenvalue weighted by molar-refractivity contribution is 6.20. The molecule has 23 heavy (non-hydrogen) atoms. The van der Waals surface area contributed by atoms with E-state index in [1.807, 2.05) is 0 Å². The van der Waals surface area contributed by atoms with Crippen molar-refractivity contribution >= 4 is 23.5 Å². The molecule has 0 aliphatic rings. The molecule has 0 fully saturated rings. The maximum absolute atomic E-state index is 11.6. The van der Waals surface area contributed by atoms with Crippen molar-refractivity contribution in [1.29, 1.82) is 0 Å². The van der Waals surface area contributed by atoms with Crippen molar-refractivity contribution in [3.63, 3.8) is 0 Å². The van der Waals surface area contributed by atoms with Crippen LogP contribution in [0.2, 0.25) is 0 Å². The van der Waals surface area contributed by atoms with E-state index in [0.29, 0.717) is 0 Å². The molecule has 0 radical (unpaired) electrons. The Morgan fingerprint density at radius 3 is 1.87 bits per heavy atom. The Morgan fingerprint density at radius 2 is 1.52 bits per heavy atom. The average Bonchev–Trinajstić information content (AvgIpc) is 2.29. The second kappa shape index (κ2) is 11.1. The molecule has 136 valence electrons. The largest absolute Gasteiger partial charge is 0.464 e. The van der Waals surface area contributed by atoms with Gasteiger partial charge in [0.1, 0.15) is 13.2 Å². The van der Waals surface area contributed by atoms with E-state index in [1.54, 1.807) is 0 Å². The number of hydrogen-bond acceptors (Lipinski definition) is 4. The van der Waals surface area contributed by atoms with E-state index in [-0.39, 0.29) is 12.7 Å². The highest BCUT2D eigenvalue weighted by Crippen LogP contribution is 2.24. The van der Waals surface area contributed by atoms with Crippen molar-refractivity contribution in [3.05, 3.63) is 12.2 Å². The predicted octanol–water partition coefficient (Wildman–Crippen LogP) is 3.78. The third kappa shape index (κ3) is 25.8. The van der Waals surface area contributed by atoms with Crippen LogP contribution in [0.1, 0.15) is 20.3 Å². The molecule has 1 atom stereocenters. The Labute approximate surface area is 133 Å². The Bertz CT molecular complexity index is 392. The van der Waals surface area contributed by atoms with E-state index in [2.05, 4.69) is 9.47 Å². The minimum Gasteiger partial charge on any atom is -0.464 e. The van der Waals surface area contributed by atoms with Crippen LogP contribution in [-0.4, -0.2) is 42.9 Å². The minimum atomic E-state index is -4.33. The van der Waals surface area contributed by atoms with Crippen LogP contribution in [0.4, 0.5) is 26.3 Å². The summed E-state index contributed by atoms with van der Waals surface area (Å²) in [5.74, 6) is -1.24. The van der Waals surface area contributed by atoms with Crippen LogP contribution in [0.5, 0.6) is 0 Å². The van der Waals surface area contributed by atoms with Gasteiger partial charge in [-0.05, 0) is 6.08 Å². The number of carbonyl (C=O) groups is 2. The molecular formula is C12H15ClF6O4. The number of ether oxygens (including phenoxy) is 2. The Kier molecular flexibility index (Phi) is 11.5. The van der Waals surface area contributed by atoms with Gasteiger partial charge < -0.3 is 9.47 Å². The van der Waals surface area contributed by atoms with Gasteiger partial charge in [-0.15, -0.1) is 11.6 Å². The Morgan fingerprint density at radius 1 is 1.04 bits per heavy atom. The zero-order valence-corrected chi connectivity index (χ0v) is 12.9. The lowest BCUT2D eigenvalue weighted by Gasteiger charge is -2.11. The maximum atomic E-state index is 11.6. The van der Waals surface area contributed by atoms with Crippen molar-refractivity contribution in [2.75, 3.05) is 13.2 Å². The molecule has 0 amide bonds. The number of halogens is 7. The van der Waals surface area contributed by atoms with Crippen LogP contribution < -0.4 is 0 Å². The van der Waals surface area contributed by atoms with Gasteiger partial charge in [0.25, 0.3) is 0 Å². The van der Waals surface area contributed by atoms with E-state index in [1.165, 1.54) is 0 Å². The fourth-order valence-corrected chi connectivity index (χ4v) is 1.10. The number of esters is 2. The zero-order chi connectivity index (χ0) is 18.7. The summed E-state index contributed by atoms with van der Waals surface area (Å²) >= 11 is 5.21. The summed E-state index contributed by atoms with van der Waals surface area (Å²) in [7, 11) is 0. The highest BCUT2D eigenvalue weighted by Gasteiger charge is 2.31. The van der Waals surface area contributed by atoms with Crippen LogP contribution >= 0.6 is 11.6 Å². The second-order valence-electron chi connectivity index (χ2n) is 3.97. The molecule has 0 bridgehead atoms. The quantitative estimate of drug-likeness (QED) is 0.319. The summed E-state index contributed by atoms with van der Waals surface area (Å²) in [4.78, 5) is 20.2. The van der Waals surface area contributed by atoms with E-state index in [4.69, 9.17) is 11.6 Å². The number of alkyl halides is 7. The predicted molar refractivity (Wildman–Crippen MR) is 68.8 cm³/mol. The van der Waals surface area contributed by atoms with Gasteiger partial charge in [0.15, 0.2) is 0 Å². The lowest BCUT2D eigenvalue weighted by Crippen LogP contribution is -2.20. The van der Waals surface area contributed by atoms with E-state index < -0.39 is 42.7 Å². The van der Waals surface area contributed by atoms with E-state index in [9.17, 15) is 35.9 Å². The first kappa shape index (κ1) is 23.8. The topological polar surface area (TPSA) is 52.6 Å². The monoisotopic (exact) mass is 372 g/mol. The third-order valence-electron chi connectivity index (χ3n) is 1.61. The van der Waals surface area contributed by atoms with Crippen LogP contribution in [0.3, 0.4) is 0 Å². The van der Waals surface area contributed by atoms with Gasteiger partial charge in [-0.25, -0.2) is 0 Å². The number of hydrogen-bond donors (Lipinski definition) is 0. The van der Waals surface area contributed by atoms with Gasteiger partial charge in [-0.2, -0.15) is 26.3 Å². The first-order valence-corrected chi connectivity index (χ1v) is 6.38. The van der Waals surface area contributed by atoms with Gasteiger partial charge in [0.2, 0.25) is 0 Å². The molecule has 0 aromatic carbocycles. The summed E-state index contributed by atoms with van der Waals surface area (Å²) < 4.78 is 77.4. The zero-order valence-electron chi connectivity index (χ0n) is 12.1. The summed E-state index contributed by atoms with van der Waals surface area (Å²) in [6, 6.07) is 0. The molecular weight excluding hydrogens is 358 g/mol. The molecule has 0 spiro atoms. The van der Waals surface area contributed by atoms with Crippen molar-refractivity contribution in [2.45, 2.75) is 38.0 Å². The summed E-state index contributed by atoms with van der Waals surface area (Å²) in [5, 5.41) is -1.20. The second-order valence-corrected chi connectivity index (χ2v) is 4.58. The molecule has 1 unspecified atom stereocenters. The van der Waals surface area contributed by atoms with Gasteiger partial charge in [0.05, 0.1) is 11.8 Å². The first-order valence-electron chi connectivity index (χ1n) is 5.95. The Hall–Kier alpha value is -1.45. The summed E-state index contributed by atoms with van der Waals surface area (Å²) in [6.07, 6.45) is -9.04. The normalized spacial score (nSPS) is 13.1. The van der Waals surface area contributed by atoms with Crippen molar-refractivity contribution in [2.24, 2.45) is 0 Å². The average molecular weight is 373 g/mol. The number of carbonyl (C=O) groups excluding carboxylic acids is 2. The molecule has 4 nitrogen and oxygen atoms in total. The van der Waals surface area contributed by atoms with E-state index >= 15 is 0 Å². The lowest BCUT2D eigenvalue weighted by atomic mass is 10.3. The van der Waals surface area contributed by atoms with E-state index in [0.717, 1.165) is 19.9 Å². The lowest BCUT2D eigenvalue weighted by molar-refractivity contribution is -0.147. The number of rotatable bonds is 5. The maximum Gasteiger partial charge on any atom is 0.409 e. The van der Waals surface area contributed by atoms with Crippen LogP contribution in [0, 0.1) is 0 Å². The molecule has 0 aliphatic carbocycles. The third-order valence-corrected chi connectivity index (χ3v) is 1.89. The van der Waals surface area contributed by atoms with Gasteiger partial charge >= 0.3 is 24.3 Å². The molecule has 0 saturated heterocycles. The van der Waals surface area contributed by atoms with Gasteiger partial charge in [-0.3, -0.25) is 9.59 Å². The van der Waals surface area contributed by atoms with Crippen LogP contribution in [-0.2, 0) is 19.1 Å². The molecule has 0 aromatic rings. The molecule has 0 saturated carbocycles. The smallest absolute Gasteiger partial charge is 0.409 e. The molecule has 0 aromatic heterocycles. The van der Waals surface area contributed by atoms with Crippen molar-refractivity contribution < 1.29 is 45.4 Å². The molecule has 0 heterocycles. The van der Waals surface area contributed by atoms with Gasteiger partial charge in [0, 0.05) is 19.9 Å². The fourth-order valence-electron chi connectivity index (χ4n) is 0.865. The van der Waals surface area contributed by atoms with Crippen LogP contribution in [0.15, 0.2) is 12.2 Å². The summed E-state index contributed by atoms with van der Waals surface area (Å²) in [6.45, 7) is 1.49. The molecule has 0 rings (SSSR count).